The zero-order valence-corrected chi connectivity index (χ0v) is 12.7. The molecule has 0 spiro atoms. The van der Waals surface area contributed by atoms with E-state index in [0.29, 0.717) is 24.5 Å². The Morgan fingerprint density at radius 2 is 2.14 bits per heavy atom. The Bertz CT molecular complexity index is 643. The van der Waals surface area contributed by atoms with E-state index in [9.17, 15) is 10.1 Å². The second-order valence-electron chi connectivity index (χ2n) is 5.25. The summed E-state index contributed by atoms with van der Waals surface area (Å²) in [6, 6.07) is 0. The van der Waals surface area contributed by atoms with Gasteiger partial charge in [-0.05, 0) is 0 Å². The summed E-state index contributed by atoms with van der Waals surface area (Å²) in [6.07, 6.45) is 4.29. The number of nitrogens with one attached hydrogen (secondary N) is 1. The predicted molar refractivity (Wildman–Crippen MR) is 79.4 cm³/mol. The van der Waals surface area contributed by atoms with E-state index in [1.807, 2.05) is 31.7 Å². The highest BCUT2D eigenvalue weighted by Crippen LogP contribution is 2.32. The molecule has 2 heterocycles. The Kier molecular flexibility index (Phi) is 4.25. The van der Waals surface area contributed by atoms with Crippen LogP contribution in [0.3, 0.4) is 0 Å². The molecule has 0 aliphatic rings. The molecule has 0 saturated heterocycles. The minimum absolute atomic E-state index is 0.00157. The molecule has 0 atom stereocenters. The van der Waals surface area contributed by atoms with Crippen molar-refractivity contribution in [2.24, 2.45) is 14.1 Å². The number of nitro groups is 1. The van der Waals surface area contributed by atoms with Crippen LogP contribution in [-0.4, -0.2) is 30.8 Å². The van der Waals surface area contributed by atoms with Crippen LogP contribution in [-0.2, 0) is 20.5 Å². The molecule has 0 unspecified atom stereocenters. The van der Waals surface area contributed by atoms with Crippen molar-refractivity contribution in [1.29, 1.82) is 0 Å². The van der Waals surface area contributed by atoms with Crippen LogP contribution < -0.4 is 5.32 Å². The lowest BCUT2D eigenvalue weighted by Crippen LogP contribution is -2.12. The van der Waals surface area contributed by atoms with Gasteiger partial charge in [-0.3, -0.25) is 10.1 Å². The van der Waals surface area contributed by atoms with Crippen molar-refractivity contribution < 1.29 is 4.92 Å². The van der Waals surface area contributed by atoms with Crippen LogP contribution >= 0.6 is 0 Å². The number of anilines is 1. The minimum Gasteiger partial charge on any atom is -0.364 e. The zero-order chi connectivity index (χ0) is 15.6. The SMILES string of the molecule is CC(C)c1nn(C)c(NCCc2nccn2C)c1[N+](=O)[O-]. The molecular weight excluding hydrogens is 272 g/mol. The summed E-state index contributed by atoms with van der Waals surface area (Å²) in [5.41, 5.74) is 0.564. The summed E-state index contributed by atoms with van der Waals surface area (Å²) in [5.74, 6) is 1.37. The summed E-state index contributed by atoms with van der Waals surface area (Å²) in [6.45, 7) is 4.35. The quantitative estimate of drug-likeness (QED) is 0.648. The van der Waals surface area contributed by atoms with E-state index in [4.69, 9.17) is 0 Å². The largest absolute Gasteiger partial charge is 0.364 e. The fourth-order valence-electron chi connectivity index (χ4n) is 2.23. The van der Waals surface area contributed by atoms with Crippen molar-refractivity contribution in [1.82, 2.24) is 19.3 Å². The van der Waals surface area contributed by atoms with Gasteiger partial charge in [0.1, 0.15) is 11.5 Å². The van der Waals surface area contributed by atoms with Crippen LogP contribution in [0, 0.1) is 10.1 Å². The molecule has 8 nitrogen and oxygen atoms in total. The molecule has 0 bridgehead atoms. The molecule has 114 valence electrons. The zero-order valence-electron chi connectivity index (χ0n) is 12.7. The van der Waals surface area contributed by atoms with Crippen LogP contribution in [0.2, 0.25) is 0 Å². The first kappa shape index (κ1) is 15.0. The van der Waals surface area contributed by atoms with Crippen LogP contribution in [0.15, 0.2) is 12.4 Å². The molecular formula is C13H20N6O2. The van der Waals surface area contributed by atoms with Gasteiger partial charge in [-0.2, -0.15) is 5.10 Å². The Hall–Kier alpha value is -2.38. The van der Waals surface area contributed by atoms with Crippen molar-refractivity contribution in [2.75, 3.05) is 11.9 Å². The Balaban J connectivity index is 2.16. The molecule has 2 aromatic rings. The smallest absolute Gasteiger partial charge is 0.334 e. The summed E-state index contributed by atoms with van der Waals surface area (Å²) in [4.78, 5) is 15.2. The highest BCUT2D eigenvalue weighted by molar-refractivity contribution is 5.60. The van der Waals surface area contributed by atoms with Gasteiger partial charge >= 0.3 is 5.69 Å². The topological polar surface area (TPSA) is 90.8 Å². The highest BCUT2D eigenvalue weighted by atomic mass is 16.6. The summed E-state index contributed by atoms with van der Waals surface area (Å²) < 4.78 is 3.46. The summed E-state index contributed by atoms with van der Waals surface area (Å²) in [5, 5.41) is 18.7. The maximum Gasteiger partial charge on any atom is 0.334 e. The van der Waals surface area contributed by atoms with Gasteiger partial charge in [0.05, 0.1) is 4.92 Å². The van der Waals surface area contributed by atoms with Gasteiger partial charge in [0.25, 0.3) is 0 Å². The van der Waals surface area contributed by atoms with E-state index in [1.165, 1.54) is 4.68 Å². The standard InChI is InChI=1S/C13H20N6O2/c1-9(2)11-12(19(20)21)13(18(4)16-11)15-6-5-10-14-7-8-17(10)3/h7-9,15H,5-6H2,1-4H3. The van der Waals surface area contributed by atoms with Crippen molar-refractivity contribution in [3.05, 3.63) is 34.0 Å². The molecule has 21 heavy (non-hydrogen) atoms. The molecule has 0 radical (unpaired) electrons. The van der Waals surface area contributed by atoms with E-state index in [0.717, 1.165) is 5.82 Å². The monoisotopic (exact) mass is 292 g/mol. The lowest BCUT2D eigenvalue weighted by Gasteiger charge is -2.06. The molecule has 2 rings (SSSR count). The normalized spacial score (nSPS) is 11.1. The van der Waals surface area contributed by atoms with E-state index in [-0.39, 0.29) is 16.5 Å². The second kappa shape index (κ2) is 5.94. The first-order valence-electron chi connectivity index (χ1n) is 6.83. The number of aryl methyl sites for hydroxylation is 2. The molecule has 0 amide bonds. The average Bonchev–Trinajstić information content (AvgIpc) is 2.95. The number of imidazole rings is 1. The van der Waals surface area contributed by atoms with E-state index in [2.05, 4.69) is 15.4 Å². The van der Waals surface area contributed by atoms with Gasteiger partial charge in [0, 0.05) is 45.4 Å². The van der Waals surface area contributed by atoms with Gasteiger partial charge in [0.2, 0.25) is 5.82 Å². The minimum atomic E-state index is -0.370. The van der Waals surface area contributed by atoms with E-state index >= 15 is 0 Å². The van der Waals surface area contributed by atoms with Crippen molar-refractivity contribution >= 4 is 11.5 Å². The van der Waals surface area contributed by atoms with Crippen LogP contribution in [0.1, 0.15) is 31.3 Å². The van der Waals surface area contributed by atoms with Gasteiger partial charge in [-0.25, -0.2) is 9.67 Å². The molecule has 2 aromatic heterocycles. The second-order valence-corrected chi connectivity index (χ2v) is 5.25. The number of hydrogen-bond donors (Lipinski definition) is 1. The lowest BCUT2D eigenvalue weighted by molar-refractivity contribution is -0.384. The number of hydrogen-bond acceptors (Lipinski definition) is 5. The summed E-state index contributed by atoms with van der Waals surface area (Å²) in [7, 11) is 3.63. The average molecular weight is 292 g/mol. The third kappa shape index (κ3) is 3.04. The lowest BCUT2D eigenvalue weighted by atomic mass is 10.1. The van der Waals surface area contributed by atoms with Gasteiger partial charge < -0.3 is 9.88 Å². The van der Waals surface area contributed by atoms with Crippen molar-refractivity contribution in [2.45, 2.75) is 26.2 Å². The Morgan fingerprint density at radius 1 is 1.43 bits per heavy atom. The molecule has 0 aliphatic carbocycles. The molecule has 1 N–H and O–H groups in total. The fraction of sp³-hybridized carbons (Fsp3) is 0.538. The first-order valence-corrected chi connectivity index (χ1v) is 6.83. The van der Waals surface area contributed by atoms with E-state index < -0.39 is 0 Å². The molecule has 0 aliphatic heterocycles. The third-order valence-corrected chi connectivity index (χ3v) is 3.34. The van der Waals surface area contributed by atoms with Crippen LogP contribution in [0.25, 0.3) is 0 Å². The van der Waals surface area contributed by atoms with Crippen LogP contribution in [0.4, 0.5) is 11.5 Å². The van der Waals surface area contributed by atoms with Crippen molar-refractivity contribution in [3.63, 3.8) is 0 Å². The van der Waals surface area contributed by atoms with Gasteiger partial charge in [-0.1, -0.05) is 13.8 Å². The Labute approximate surface area is 122 Å². The number of aromatic nitrogens is 4. The maximum atomic E-state index is 11.3. The number of rotatable bonds is 6. The predicted octanol–water partition coefficient (Wildman–Crippen LogP) is 1.84. The molecule has 0 saturated carbocycles. The molecule has 0 fully saturated rings. The first-order chi connectivity index (χ1) is 9.91. The number of nitrogens with zero attached hydrogens (tertiary/aromatic N) is 5. The third-order valence-electron chi connectivity index (χ3n) is 3.34. The maximum absolute atomic E-state index is 11.3. The summed E-state index contributed by atoms with van der Waals surface area (Å²) >= 11 is 0. The molecule has 0 aromatic carbocycles. The fourth-order valence-corrected chi connectivity index (χ4v) is 2.23. The van der Waals surface area contributed by atoms with Crippen LogP contribution in [0.5, 0.6) is 0 Å². The van der Waals surface area contributed by atoms with Gasteiger partial charge in [-0.15, -0.1) is 0 Å². The van der Waals surface area contributed by atoms with Gasteiger partial charge in [0.15, 0.2) is 0 Å². The molecule has 8 heteroatoms. The Morgan fingerprint density at radius 3 is 2.67 bits per heavy atom. The highest BCUT2D eigenvalue weighted by Gasteiger charge is 2.28. The van der Waals surface area contributed by atoms with Crippen molar-refractivity contribution in [3.8, 4) is 0 Å². The van der Waals surface area contributed by atoms with E-state index in [1.54, 1.807) is 13.2 Å².